The van der Waals surface area contributed by atoms with Crippen molar-refractivity contribution in [3.63, 3.8) is 0 Å². The lowest BCUT2D eigenvalue weighted by Crippen LogP contribution is -2.19. The number of Topliss-reactive ketones (excluding diaryl/α,β-unsaturated/α-hetero) is 1. The van der Waals surface area contributed by atoms with Crippen LogP contribution in [0.25, 0.3) is 5.65 Å². The zero-order chi connectivity index (χ0) is 21.1. The molecule has 30 heavy (non-hydrogen) atoms. The first-order valence-corrected chi connectivity index (χ1v) is 9.82. The molecule has 152 valence electrons. The molecular formula is C21H17Cl2N4O3+. The van der Waals surface area contributed by atoms with Gasteiger partial charge in [-0.1, -0.05) is 35.3 Å². The second-order valence-corrected chi connectivity index (χ2v) is 7.35. The standard InChI is InChI=1S/C21H16Cl2N4O3/c22-17-5-4-15(10-25-17)11-27-19-3-1-2-8-26(19)21(29)20(27)16(28)13-30-12-14-6-7-24-18(23)9-14/h1-10H,11-13H2/p+1. The molecule has 1 N–H and O–H groups in total. The maximum atomic E-state index is 13.0. The molecule has 0 aromatic carbocycles. The highest BCUT2D eigenvalue weighted by molar-refractivity contribution is 6.29. The number of rotatable bonds is 7. The van der Waals surface area contributed by atoms with Crippen molar-refractivity contribution in [3.8, 4) is 5.88 Å². The summed E-state index contributed by atoms with van der Waals surface area (Å²) in [5, 5.41) is 11.5. The maximum Gasteiger partial charge on any atom is 0.339 e. The molecule has 4 rings (SSSR count). The normalized spacial score (nSPS) is 11.1. The summed E-state index contributed by atoms with van der Waals surface area (Å²) in [6.45, 7) is 0.325. The molecule has 4 heterocycles. The third-order valence-corrected chi connectivity index (χ3v) is 4.94. The Morgan fingerprint density at radius 3 is 2.73 bits per heavy atom. The van der Waals surface area contributed by atoms with E-state index < -0.39 is 0 Å². The van der Waals surface area contributed by atoms with E-state index in [2.05, 4.69) is 9.97 Å². The molecule has 0 radical (unpaired) electrons. The van der Waals surface area contributed by atoms with Gasteiger partial charge in [0.15, 0.2) is 0 Å². The number of hydrogen-bond acceptors (Lipinski definition) is 5. The van der Waals surface area contributed by atoms with Crippen molar-refractivity contribution in [1.82, 2.24) is 14.5 Å². The predicted octanol–water partition coefficient (Wildman–Crippen LogP) is 3.48. The first-order valence-electron chi connectivity index (χ1n) is 9.06. The Morgan fingerprint density at radius 1 is 1.10 bits per heavy atom. The highest BCUT2D eigenvalue weighted by atomic mass is 35.5. The van der Waals surface area contributed by atoms with Crippen LogP contribution in [-0.4, -0.2) is 32.0 Å². The van der Waals surface area contributed by atoms with Crippen LogP contribution in [0.1, 0.15) is 21.6 Å². The highest BCUT2D eigenvalue weighted by Gasteiger charge is 2.30. The van der Waals surface area contributed by atoms with E-state index in [0.717, 1.165) is 11.1 Å². The smallest absolute Gasteiger partial charge is 0.339 e. The fourth-order valence-electron chi connectivity index (χ4n) is 3.16. The summed E-state index contributed by atoms with van der Waals surface area (Å²) < 4.78 is 8.85. The largest absolute Gasteiger partial charge is 0.474 e. The van der Waals surface area contributed by atoms with Gasteiger partial charge in [0.05, 0.1) is 12.8 Å². The van der Waals surface area contributed by atoms with Crippen molar-refractivity contribution < 1.29 is 19.0 Å². The third kappa shape index (κ3) is 4.28. The van der Waals surface area contributed by atoms with Crippen LogP contribution in [0.5, 0.6) is 5.88 Å². The molecule has 0 aliphatic rings. The second-order valence-electron chi connectivity index (χ2n) is 6.58. The van der Waals surface area contributed by atoms with Gasteiger partial charge in [-0.25, -0.2) is 14.5 Å². The zero-order valence-electron chi connectivity index (χ0n) is 15.7. The Hall–Kier alpha value is -3.00. The number of carbonyl (C=O) groups is 1. The summed E-state index contributed by atoms with van der Waals surface area (Å²) in [5.74, 6) is -0.494. The summed E-state index contributed by atoms with van der Waals surface area (Å²) >= 11 is 11.7. The first kappa shape index (κ1) is 20.3. The molecule has 0 bridgehead atoms. The van der Waals surface area contributed by atoms with Crippen molar-refractivity contribution in [2.75, 3.05) is 6.61 Å². The van der Waals surface area contributed by atoms with E-state index in [1.165, 1.54) is 0 Å². The van der Waals surface area contributed by atoms with E-state index in [-0.39, 0.29) is 30.6 Å². The molecule has 0 saturated heterocycles. The number of aromatic hydroxyl groups is 1. The topological polar surface area (TPSA) is 81.3 Å². The molecule has 0 fully saturated rings. The molecular weight excluding hydrogens is 427 g/mol. The predicted molar refractivity (Wildman–Crippen MR) is 111 cm³/mol. The van der Waals surface area contributed by atoms with Crippen LogP contribution < -0.4 is 4.40 Å². The lowest BCUT2D eigenvalue weighted by molar-refractivity contribution is -0.521. The molecule has 0 amide bonds. The Kier molecular flexibility index (Phi) is 5.94. The number of aromatic nitrogens is 4. The van der Waals surface area contributed by atoms with Crippen molar-refractivity contribution in [1.29, 1.82) is 0 Å². The Bertz CT molecular complexity index is 1210. The molecule has 9 heteroatoms. The molecule has 0 aliphatic carbocycles. The Balaban J connectivity index is 1.61. The van der Waals surface area contributed by atoms with Crippen LogP contribution in [0.4, 0.5) is 0 Å². The van der Waals surface area contributed by atoms with E-state index in [9.17, 15) is 9.90 Å². The van der Waals surface area contributed by atoms with Crippen molar-refractivity contribution in [2.24, 2.45) is 0 Å². The molecule has 0 saturated carbocycles. The van der Waals surface area contributed by atoms with Crippen LogP contribution in [0.2, 0.25) is 10.3 Å². The quantitative estimate of drug-likeness (QED) is 0.268. The van der Waals surface area contributed by atoms with Gasteiger partial charge in [-0.2, -0.15) is 4.40 Å². The van der Waals surface area contributed by atoms with E-state index in [1.807, 2.05) is 18.2 Å². The van der Waals surface area contributed by atoms with Gasteiger partial charge >= 0.3 is 5.88 Å². The number of ether oxygens (including phenoxy) is 1. The number of nitrogens with zero attached hydrogens (tertiary/aromatic N) is 4. The number of pyridine rings is 3. The SMILES string of the molecule is O=C(COCc1ccnc(Cl)c1)c1c(O)[n+]2ccccc2n1Cc1ccc(Cl)nc1. The van der Waals surface area contributed by atoms with Gasteiger partial charge < -0.3 is 9.84 Å². The lowest BCUT2D eigenvalue weighted by atomic mass is 10.2. The average molecular weight is 444 g/mol. The highest BCUT2D eigenvalue weighted by Crippen LogP contribution is 2.20. The molecule has 4 aromatic rings. The maximum absolute atomic E-state index is 13.0. The third-order valence-electron chi connectivity index (χ3n) is 4.51. The molecule has 0 unspecified atom stereocenters. The van der Waals surface area contributed by atoms with Gasteiger partial charge in [-0.15, -0.1) is 0 Å². The number of ketones is 1. The fraction of sp³-hybridized carbons (Fsp3) is 0.143. The number of imidazole rings is 1. The summed E-state index contributed by atoms with van der Waals surface area (Å²) in [7, 11) is 0. The van der Waals surface area contributed by atoms with E-state index in [4.69, 9.17) is 27.9 Å². The minimum atomic E-state index is -0.349. The van der Waals surface area contributed by atoms with Crippen molar-refractivity contribution >= 4 is 34.6 Å². The first-order chi connectivity index (χ1) is 14.5. The van der Waals surface area contributed by atoms with Gasteiger partial charge in [0.2, 0.25) is 5.78 Å². The summed E-state index contributed by atoms with van der Waals surface area (Å²) in [5.41, 5.74) is 2.45. The van der Waals surface area contributed by atoms with Gasteiger partial charge in [-0.3, -0.25) is 4.79 Å². The number of halogens is 2. The Morgan fingerprint density at radius 2 is 1.97 bits per heavy atom. The summed E-state index contributed by atoms with van der Waals surface area (Å²) in [4.78, 5) is 21.0. The fourth-order valence-corrected chi connectivity index (χ4v) is 3.47. The molecule has 0 atom stereocenters. The molecule has 4 aromatic heterocycles. The average Bonchev–Trinajstić information content (AvgIpc) is 3.02. The van der Waals surface area contributed by atoms with Gasteiger partial charge in [0.1, 0.15) is 23.5 Å². The van der Waals surface area contributed by atoms with Crippen LogP contribution in [0, 0.1) is 0 Å². The van der Waals surface area contributed by atoms with Crippen LogP contribution in [0.15, 0.2) is 61.1 Å². The Labute approximate surface area is 182 Å². The number of fused-ring (bicyclic) bond motifs is 1. The summed E-state index contributed by atoms with van der Waals surface area (Å²) in [6, 6.07) is 12.4. The minimum Gasteiger partial charge on any atom is -0.474 e. The number of hydrogen-bond donors (Lipinski definition) is 1. The van der Waals surface area contributed by atoms with Gasteiger partial charge in [0, 0.05) is 24.0 Å². The van der Waals surface area contributed by atoms with Crippen LogP contribution in [-0.2, 0) is 17.9 Å². The van der Waals surface area contributed by atoms with E-state index in [0.29, 0.717) is 22.5 Å². The van der Waals surface area contributed by atoms with E-state index in [1.54, 1.807) is 51.8 Å². The monoisotopic (exact) mass is 443 g/mol. The number of carbonyl (C=O) groups excluding carboxylic acids is 1. The van der Waals surface area contributed by atoms with E-state index >= 15 is 0 Å². The van der Waals surface area contributed by atoms with Gasteiger partial charge in [0.25, 0.3) is 11.3 Å². The summed E-state index contributed by atoms with van der Waals surface area (Å²) in [6.07, 6.45) is 4.90. The van der Waals surface area contributed by atoms with Crippen LogP contribution >= 0.6 is 23.2 Å². The molecule has 0 aliphatic heterocycles. The lowest BCUT2D eigenvalue weighted by Gasteiger charge is -2.05. The molecule has 0 spiro atoms. The minimum absolute atomic E-state index is 0.145. The second kappa shape index (κ2) is 8.79. The van der Waals surface area contributed by atoms with Crippen molar-refractivity contribution in [3.05, 3.63) is 88.2 Å². The van der Waals surface area contributed by atoms with Crippen LogP contribution in [0.3, 0.4) is 0 Å². The molecule has 7 nitrogen and oxygen atoms in total. The zero-order valence-corrected chi connectivity index (χ0v) is 17.2. The van der Waals surface area contributed by atoms with Gasteiger partial charge in [-0.05, 0) is 29.8 Å². The van der Waals surface area contributed by atoms with Crippen molar-refractivity contribution in [2.45, 2.75) is 13.2 Å².